The molecule has 1 aromatic carbocycles. The van der Waals surface area contributed by atoms with Crippen molar-refractivity contribution >= 4 is 29.2 Å². The molecule has 1 heterocycles. The van der Waals surface area contributed by atoms with Crippen LogP contribution in [0.1, 0.15) is 24.2 Å². The Morgan fingerprint density at radius 1 is 1.33 bits per heavy atom. The van der Waals surface area contributed by atoms with Crippen molar-refractivity contribution < 1.29 is 4.79 Å². The van der Waals surface area contributed by atoms with Crippen molar-refractivity contribution in [2.75, 3.05) is 0 Å². The maximum absolute atomic E-state index is 11.9. The summed E-state index contributed by atoms with van der Waals surface area (Å²) in [6, 6.07) is 6.71. The average Bonchev–Trinajstić information content (AvgIpc) is 2.85. The number of carbonyl (C=O) groups is 1. The van der Waals surface area contributed by atoms with Gasteiger partial charge in [0.2, 0.25) is 0 Å². The molecular formula is C14H16Cl2N4O. The fourth-order valence-corrected chi connectivity index (χ4v) is 2.16. The maximum Gasteiger partial charge on any atom is 0.315 e. The standard InChI is InChI=1S/C14H16Cl2N4O/c1-9(10-3-4-12(15)13(16)7-10)19-14(21)17-8-11-5-6-18-20(11)2/h3-7,9H,8H2,1-2H3,(H2,17,19,21). The number of hydrogen-bond donors (Lipinski definition) is 2. The number of nitrogens with one attached hydrogen (secondary N) is 2. The Bertz CT molecular complexity index is 642. The molecule has 21 heavy (non-hydrogen) atoms. The molecule has 0 fully saturated rings. The van der Waals surface area contributed by atoms with Crippen molar-refractivity contribution in [3.63, 3.8) is 0 Å². The molecule has 7 heteroatoms. The molecule has 112 valence electrons. The van der Waals surface area contributed by atoms with Gasteiger partial charge >= 0.3 is 6.03 Å². The molecule has 1 aromatic heterocycles. The SMILES string of the molecule is CC(NC(=O)NCc1ccnn1C)c1ccc(Cl)c(Cl)c1. The van der Waals surface area contributed by atoms with Crippen molar-refractivity contribution in [3.8, 4) is 0 Å². The summed E-state index contributed by atoms with van der Waals surface area (Å²) in [4.78, 5) is 11.9. The van der Waals surface area contributed by atoms with E-state index >= 15 is 0 Å². The van der Waals surface area contributed by atoms with E-state index in [0.29, 0.717) is 16.6 Å². The Balaban J connectivity index is 1.89. The third-order valence-electron chi connectivity index (χ3n) is 3.14. The van der Waals surface area contributed by atoms with E-state index in [1.165, 1.54) is 0 Å². The van der Waals surface area contributed by atoms with Gasteiger partial charge in [0.05, 0.1) is 28.3 Å². The van der Waals surface area contributed by atoms with Gasteiger partial charge < -0.3 is 10.6 Å². The summed E-state index contributed by atoms with van der Waals surface area (Å²) in [5.74, 6) is 0. The molecule has 2 aromatic rings. The lowest BCUT2D eigenvalue weighted by Gasteiger charge is -2.15. The lowest BCUT2D eigenvalue weighted by Crippen LogP contribution is -2.37. The summed E-state index contributed by atoms with van der Waals surface area (Å²) in [6.07, 6.45) is 1.69. The van der Waals surface area contributed by atoms with E-state index in [1.54, 1.807) is 23.0 Å². The largest absolute Gasteiger partial charge is 0.333 e. The second-order valence-corrected chi connectivity index (χ2v) is 5.48. The minimum atomic E-state index is -0.255. The molecule has 0 spiro atoms. The first-order valence-corrected chi connectivity index (χ1v) is 7.19. The van der Waals surface area contributed by atoms with Gasteiger partial charge in [-0.15, -0.1) is 0 Å². The van der Waals surface area contributed by atoms with Crippen LogP contribution in [0.3, 0.4) is 0 Å². The van der Waals surface area contributed by atoms with Gasteiger partial charge in [-0.1, -0.05) is 29.3 Å². The van der Waals surface area contributed by atoms with Crippen LogP contribution in [0.15, 0.2) is 30.5 Å². The fraction of sp³-hybridized carbons (Fsp3) is 0.286. The normalized spacial score (nSPS) is 12.0. The van der Waals surface area contributed by atoms with E-state index in [0.717, 1.165) is 11.3 Å². The van der Waals surface area contributed by atoms with Gasteiger partial charge in [-0.2, -0.15) is 5.10 Å². The van der Waals surface area contributed by atoms with Crippen LogP contribution >= 0.6 is 23.2 Å². The number of amides is 2. The summed E-state index contributed by atoms with van der Waals surface area (Å²) in [5, 5.41) is 10.6. The van der Waals surface area contributed by atoms with E-state index in [4.69, 9.17) is 23.2 Å². The molecule has 0 aliphatic carbocycles. The van der Waals surface area contributed by atoms with Crippen molar-refractivity contribution in [1.29, 1.82) is 0 Å². The minimum absolute atomic E-state index is 0.175. The van der Waals surface area contributed by atoms with E-state index in [1.807, 2.05) is 26.1 Å². The first-order chi connectivity index (χ1) is 9.97. The number of rotatable bonds is 4. The fourth-order valence-electron chi connectivity index (χ4n) is 1.86. The van der Waals surface area contributed by atoms with E-state index < -0.39 is 0 Å². The highest BCUT2D eigenvalue weighted by Crippen LogP contribution is 2.25. The van der Waals surface area contributed by atoms with Crippen LogP contribution in [-0.4, -0.2) is 15.8 Å². The zero-order chi connectivity index (χ0) is 15.4. The number of aromatic nitrogens is 2. The molecule has 0 radical (unpaired) electrons. The van der Waals surface area contributed by atoms with Crippen molar-refractivity contribution in [1.82, 2.24) is 20.4 Å². The van der Waals surface area contributed by atoms with Crippen LogP contribution in [0.2, 0.25) is 10.0 Å². The lowest BCUT2D eigenvalue weighted by molar-refractivity contribution is 0.237. The van der Waals surface area contributed by atoms with Crippen molar-refractivity contribution in [3.05, 3.63) is 51.8 Å². The second kappa shape index (κ2) is 6.83. The van der Waals surface area contributed by atoms with Crippen LogP contribution in [0, 0.1) is 0 Å². The van der Waals surface area contributed by atoms with Crippen molar-refractivity contribution in [2.45, 2.75) is 19.5 Å². The number of benzene rings is 1. The number of carbonyl (C=O) groups excluding carboxylic acids is 1. The first kappa shape index (κ1) is 15.7. The third kappa shape index (κ3) is 4.12. The number of nitrogens with zero attached hydrogens (tertiary/aromatic N) is 2. The Labute approximate surface area is 133 Å². The molecule has 0 saturated carbocycles. The van der Waals surface area contributed by atoms with Crippen LogP contribution in [0.25, 0.3) is 0 Å². The van der Waals surface area contributed by atoms with Crippen molar-refractivity contribution in [2.24, 2.45) is 7.05 Å². The smallest absolute Gasteiger partial charge is 0.315 e. The quantitative estimate of drug-likeness (QED) is 0.905. The molecule has 0 aliphatic rings. The summed E-state index contributed by atoms with van der Waals surface area (Å²) < 4.78 is 1.71. The summed E-state index contributed by atoms with van der Waals surface area (Å²) >= 11 is 11.8. The zero-order valence-corrected chi connectivity index (χ0v) is 13.2. The second-order valence-electron chi connectivity index (χ2n) is 4.67. The van der Waals surface area contributed by atoms with Gasteiger partial charge in [-0.05, 0) is 30.7 Å². The summed E-state index contributed by atoms with van der Waals surface area (Å²) in [7, 11) is 1.83. The Hall–Kier alpha value is -1.72. The zero-order valence-electron chi connectivity index (χ0n) is 11.7. The Morgan fingerprint density at radius 2 is 2.10 bits per heavy atom. The minimum Gasteiger partial charge on any atom is -0.333 e. The van der Waals surface area contributed by atoms with Gasteiger partial charge in [-0.25, -0.2) is 4.79 Å². The number of aryl methyl sites for hydroxylation is 1. The van der Waals surface area contributed by atoms with Gasteiger partial charge in [0.25, 0.3) is 0 Å². The first-order valence-electron chi connectivity index (χ1n) is 6.43. The predicted octanol–water partition coefficient (Wildman–Crippen LogP) is 3.29. The van der Waals surface area contributed by atoms with Crippen LogP contribution in [0.4, 0.5) is 4.79 Å². The Morgan fingerprint density at radius 3 is 2.71 bits per heavy atom. The molecular weight excluding hydrogens is 311 g/mol. The van der Waals surface area contributed by atoms with E-state index in [9.17, 15) is 4.79 Å². The Kier molecular flexibility index (Phi) is 5.09. The molecule has 2 amide bonds. The topological polar surface area (TPSA) is 59.0 Å². The molecule has 0 saturated heterocycles. The predicted molar refractivity (Wildman–Crippen MR) is 83.5 cm³/mol. The summed E-state index contributed by atoms with van der Waals surface area (Å²) in [6.45, 7) is 2.29. The van der Waals surface area contributed by atoms with Gasteiger partial charge in [-0.3, -0.25) is 4.68 Å². The molecule has 1 unspecified atom stereocenters. The highest BCUT2D eigenvalue weighted by Gasteiger charge is 2.11. The van der Waals surface area contributed by atoms with Gasteiger partial charge in [0.1, 0.15) is 0 Å². The molecule has 2 rings (SSSR count). The maximum atomic E-state index is 11.9. The number of hydrogen-bond acceptors (Lipinski definition) is 2. The molecule has 0 bridgehead atoms. The van der Waals surface area contributed by atoms with Gasteiger partial charge in [0.15, 0.2) is 0 Å². The highest BCUT2D eigenvalue weighted by molar-refractivity contribution is 6.42. The monoisotopic (exact) mass is 326 g/mol. The lowest BCUT2D eigenvalue weighted by atomic mass is 10.1. The third-order valence-corrected chi connectivity index (χ3v) is 3.88. The van der Waals surface area contributed by atoms with E-state index in [-0.39, 0.29) is 12.1 Å². The number of urea groups is 1. The molecule has 1 atom stereocenters. The number of halogens is 2. The van der Waals surface area contributed by atoms with Gasteiger partial charge in [0, 0.05) is 13.2 Å². The van der Waals surface area contributed by atoms with Crippen LogP contribution in [0.5, 0.6) is 0 Å². The molecule has 0 aliphatic heterocycles. The molecule has 5 nitrogen and oxygen atoms in total. The van der Waals surface area contributed by atoms with Crippen LogP contribution < -0.4 is 10.6 Å². The highest BCUT2D eigenvalue weighted by atomic mass is 35.5. The average molecular weight is 327 g/mol. The van der Waals surface area contributed by atoms with Crippen LogP contribution in [-0.2, 0) is 13.6 Å². The molecule has 2 N–H and O–H groups in total. The van der Waals surface area contributed by atoms with E-state index in [2.05, 4.69) is 15.7 Å². The summed E-state index contributed by atoms with van der Waals surface area (Å²) in [5.41, 5.74) is 1.81.